The normalized spacial score (nSPS) is 16.9. The lowest BCUT2D eigenvalue weighted by atomic mass is 10.1. The largest absolute Gasteiger partial charge is 0.454 e. The Kier molecular flexibility index (Phi) is 5.28. The molecule has 0 bridgehead atoms. The lowest BCUT2D eigenvalue weighted by Gasteiger charge is -2.11. The van der Waals surface area contributed by atoms with Gasteiger partial charge in [-0.05, 0) is 43.9 Å². The van der Waals surface area contributed by atoms with Crippen molar-refractivity contribution in [2.24, 2.45) is 0 Å². The summed E-state index contributed by atoms with van der Waals surface area (Å²) in [6.07, 6.45) is 0.725. The lowest BCUT2D eigenvalue weighted by Crippen LogP contribution is -2.27. The number of rotatable bonds is 5. The summed E-state index contributed by atoms with van der Waals surface area (Å²) in [5.41, 5.74) is 1.44. The van der Waals surface area contributed by atoms with E-state index in [2.05, 4.69) is 5.32 Å². The van der Waals surface area contributed by atoms with E-state index < -0.39 is 29.5 Å². The quantitative estimate of drug-likeness (QED) is 0.504. The number of hydrogen-bond donors (Lipinski definition) is 1. The second-order valence-electron chi connectivity index (χ2n) is 5.37. The van der Waals surface area contributed by atoms with E-state index in [1.54, 1.807) is 13.8 Å². The molecule has 1 heterocycles. The number of benzene rings is 1. The van der Waals surface area contributed by atoms with Gasteiger partial charge in [0.25, 0.3) is 11.6 Å². The predicted molar refractivity (Wildman–Crippen MR) is 81.1 cm³/mol. The van der Waals surface area contributed by atoms with Gasteiger partial charge in [0.05, 0.1) is 4.92 Å². The second kappa shape index (κ2) is 7.19. The minimum absolute atomic E-state index is 0.0799. The fourth-order valence-electron chi connectivity index (χ4n) is 2.23. The van der Waals surface area contributed by atoms with Crippen LogP contribution in [-0.2, 0) is 19.1 Å². The summed E-state index contributed by atoms with van der Waals surface area (Å²) in [5, 5.41) is 13.5. The van der Waals surface area contributed by atoms with Crippen molar-refractivity contribution in [2.45, 2.75) is 32.8 Å². The number of ether oxygens (including phenoxy) is 2. The average molecular weight is 322 g/mol. The second-order valence-corrected chi connectivity index (χ2v) is 5.37. The molecule has 1 aliphatic heterocycles. The summed E-state index contributed by atoms with van der Waals surface area (Å²) in [5.74, 6) is -1.23. The van der Waals surface area contributed by atoms with E-state index >= 15 is 0 Å². The van der Waals surface area contributed by atoms with Gasteiger partial charge in [-0.1, -0.05) is 0 Å². The molecule has 0 aromatic heterocycles. The Morgan fingerprint density at radius 2 is 2.09 bits per heavy atom. The van der Waals surface area contributed by atoms with Gasteiger partial charge in [0, 0.05) is 12.7 Å². The van der Waals surface area contributed by atoms with Gasteiger partial charge in [-0.25, -0.2) is 4.79 Å². The van der Waals surface area contributed by atoms with Crippen LogP contribution >= 0.6 is 0 Å². The van der Waals surface area contributed by atoms with Gasteiger partial charge in [0.2, 0.25) is 0 Å². The molecule has 1 aliphatic rings. The van der Waals surface area contributed by atoms with Gasteiger partial charge >= 0.3 is 5.97 Å². The van der Waals surface area contributed by atoms with Crippen LogP contribution in [0.1, 0.15) is 24.0 Å². The predicted octanol–water partition coefficient (Wildman–Crippen LogP) is 1.87. The molecule has 1 fully saturated rings. The fourth-order valence-corrected chi connectivity index (χ4v) is 2.23. The van der Waals surface area contributed by atoms with E-state index in [9.17, 15) is 19.7 Å². The fraction of sp³-hybridized carbons (Fsp3) is 0.467. The number of nitro benzene ring substituents is 1. The Bertz CT molecular complexity index is 637. The van der Waals surface area contributed by atoms with Crippen LogP contribution in [0.15, 0.2) is 12.1 Å². The maximum atomic E-state index is 11.9. The van der Waals surface area contributed by atoms with E-state index in [1.165, 1.54) is 12.1 Å². The Morgan fingerprint density at radius 1 is 1.39 bits per heavy atom. The van der Waals surface area contributed by atoms with Crippen LogP contribution in [0, 0.1) is 24.0 Å². The molecule has 1 atom stereocenters. The molecule has 124 valence electrons. The van der Waals surface area contributed by atoms with E-state index in [0.717, 1.165) is 17.5 Å². The first-order chi connectivity index (χ1) is 10.9. The SMILES string of the molecule is Cc1cc(NC(=O)COC(=O)[C@H]2CCCO2)c([N+](=O)[O-])cc1C. The first-order valence-corrected chi connectivity index (χ1v) is 7.22. The van der Waals surface area contributed by atoms with Crippen molar-refractivity contribution in [3.8, 4) is 0 Å². The van der Waals surface area contributed by atoms with Crippen molar-refractivity contribution in [1.29, 1.82) is 0 Å². The summed E-state index contributed by atoms with van der Waals surface area (Å²) in [6, 6.07) is 2.91. The van der Waals surface area contributed by atoms with Crippen molar-refractivity contribution in [2.75, 3.05) is 18.5 Å². The number of nitrogens with one attached hydrogen (secondary N) is 1. The molecule has 8 nitrogen and oxygen atoms in total. The first kappa shape index (κ1) is 16.9. The van der Waals surface area contributed by atoms with Gasteiger partial charge in [0.1, 0.15) is 5.69 Å². The molecule has 0 unspecified atom stereocenters. The highest BCUT2D eigenvalue weighted by Gasteiger charge is 2.26. The third-order valence-corrected chi connectivity index (χ3v) is 3.62. The molecule has 8 heteroatoms. The monoisotopic (exact) mass is 322 g/mol. The number of carbonyl (C=O) groups excluding carboxylic acids is 2. The molecule has 1 aromatic carbocycles. The molecule has 1 amide bonds. The highest BCUT2D eigenvalue weighted by molar-refractivity contribution is 5.95. The van der Waals surface area contributed by atoms with Gasteiger partial charge in [-0.3, -0.25) is 14.9 Å². The maximum absolute atomic E-state index is 11.9. The molecule has 1 N–H and O–H groups in total. The van der Waals surface area contributed by atoms with Gasteiger partial charge in [0.15, 0.2) is 12.7 Å². The Balaban J connectivity index is 1.98. The van der Waals surface area contributed by atoms with Crippen LogP contribution in [0.3, 0.4) is 0 Å². The van der Waals surface area contributed by atoms with Crippen molar-refractivity contribution in [3.05, 3.63) is 33.4 Å². The number of aryl methyl sites for hydroxylation is 2. The molecule has 0 saturated carbocycles. The maximum Gasteiger partial charge on any atom is 0.335 e. The van der Waals surface area contributed by atoms with Crippen LogP contribution in [0.2, 0.25) is 0 Å². The van der Waals surface area contributed by atoms with Crippen molar-refractivity contribution < 1.29 is 24.0 Å². The number of nitro groups is 1. The van der Waals surface area contributed by atoms with E-state index in [-0.39, 0.29) is 11.4 Å². The zero-order valence-corrected chi connectivity index (χ0v) is 13.0. The standard InChI is InChI=1S/C15H18N2O6/c1-9-6-11(12(17(20)21)7-10(9)2)16-14(18)8-23-15(19)13-4-3-5-22-13/h6-7,13H,3-5,8H2,1-2H3,(H,16,18)/t13-/m1/s1. The minimum Gasteiger partial charge on any atom is -0.454 e. The topological polar surface area (TPSA) is 108 Å². The summed E-state index contributed by atoms with van der Waals surface area (Å²) in [4.78, 5) is 34.0. The van der Waals surface area contributed by atoms with Crippen LogP contribution in [0.5, 0.6) is 0 Å². The number of nitrogens with zero attached hydrogens (tertiary/aromatic N) is 1. The molecular formula is C15H18N2O6. The third-order valence-electron chi connectivity index (χ3n) is 3.62. The number of amides is 1. The van der Waals surface area contributed by atoms with Crippen LogP contribution in [0.25, 0.3) is 0 Å². The highest BCUT2D eigenvalue weighted by atomic mass is 16.6. The number of anilines is 1. The van der Waals surface area contributed by atoms with E-state index in [0.29, 0.717) is 13.0 Å². The van der Waals surface area contributed by atoms with Crippen molar-refractivity contribution in [3.63, 3.8) is 0 Å². The molecule has 0 radical (unpaired) electrons. The average Bonchev–Trinajstić information content (AvgIpc) is 3.02. The molecule has 23 heavy (non-hydrogen) atoms. The minimum atomic E-state index is -0.636. The van der Waals surface area contributed by atoms with Crippen LogP contribution in [0.4, 0.5) is 11.4 Å². The van der Waals surface area contributed by atoms with E-state index in [1.807, 2.05) is 0 Å². The summed E-state index contributed by atoms with van der Waals surface area (Å²) < 4.78 is 10.0. The first-order valence-electron chi connectivity index (χ1n) is 7.22. The summed E-state index contributed by atoms with van der Waals surface area (Å²) in [7, 11) is 0. The lowest BCUT2D eigenvalue weighted by molar-refractivity contribution is -0.384. The number of carbonyl (C=O) groups is 2. The van der Waals surface area contributed by atoms with Crippen LogP contribution < -0.4 is 5.32 Å². The number of esters is 1. The molecule has 0 spiro atoms. The smallest absolute Gasteiger partial charge is 0.335 e. The van der Waals surface area contributed by atoms with Crippen molar-refractivity contribution in [1.82, 2.24) is 0 Å². The Hall–Kier alpha value is -2.48. The Labute approximate surface area is 132 Å². The molecule has 1 aromatic rings. The van der Waals surface area contributed by atoms with Gasteiger partial charge in [-0.2, -0.15) is 0 Å². The molecule has 2 rings (SSSR count). The molecular weight excluding hydrogens is 304 g/mol. The molecule has 0 aliphatic carbocycles. The summed E-state index contributed by atoms with van der Waals surface area (Å²) in [6.45, 7) is 3.52. The summed E-state index contributed by atoms with van der Waals surface area (Å²) >= 11 is 0. The zero-order chi connectivity index (χ0) is 17.0. The van der Waals surface area contributed by atoms with Crippen LogP contribution in [-0.4, -0.2) is 36.1 Å². The van der Waals surface area contributed by atoms with E-state index in [4.69, 9.17) is 9.47 Å². The third kappa shape index (κ3) is 4.26. The van der Waals surface area contributed by atoms with Gasteiger partial charge < -0.3 is 14.8 Å². The number of hydrogen-bond acceptors (Lipinski definition) is 6. The highest BCUT2D eigenvalue weighted by Crippen LogP contribution is 2.27. The van der Waals surface area contributed by atoms with Gasteiger partial charge in [-0.15, -0.1) is 0 Å². The zero-order valence-electron chi connectivity index (χ0n) is 13.0. The van der Waals surface area contributed by atoms with Crippen molar-refractivity contribution >= 4 is 23.3 Å². The molecule has 1 saturated heterocycles. The Morgan fingerprint density at radius 3 is 2.70 bits per heavy atom.